The molecular weight excluding hydrogens is 307 g/mol. The second-order valence-corrected chi connectivity index (χ2v) is 6.31. The number of phenolic OH excluding ortho intramolecular Hbond substituents is 1. The van der Waals surface area contributed by atoms with Gasteiger partial charge < -0.3 is 10.2 Å². The van der Waals surface area contributed by atoms with Gasteiger partial charge in [0.2, 0.25) is 0 Å². The maximum absolute atomic E-state index is 12.9. The maximum Gasteiger partial charge on any atom is 0.123 e. The van der Waals surface area contributed by atoms with Gasteiger partial charge in [-0.25, -0.2) is 4.39 Å². The lowest BCUT2D eigenvalue weighted by Gasteiger charge is -2.35. The summed E-state index contributed by atoms with van der Waals surface area (Å²) >= 11 is 0. The number of phenols is 1. The van der Waals surface area contributed by atoms with Crippen LogP contribution >= 0.6 is 0 Å². The molecule has 0 aromatic heterocycles. The van der Waals surface area contributed by atoms with Gasteiger partial charge >= 0.3 is 0 Å². The van der Waals surface area contributed by atoms with E-state index in [0.29, 0.717) is 12.3 Å². The normalized spacial score (nSPS) is 17.8. The highest BCUT2D eigenvalue weighted by Gasteiger charge is 2.20. The Morgan fingerprint density at radius 3 is 2.29 bits per heavy atom. The van der Waals surface area contributed by atoms with Crippen LogP contribution in [0.4, 0.5) is 4.39 Å². The number of aliphatic hydroxyl groups excluding tert-OH is 1. The van der Waals surface area contributed by atoms with Crippen molar-refractivity contribution in [2.24, 2.45) is 0 Å². The third kappa shape index (κ3) is 4.54. The molecule has 0 saturated carbocycles. The third-order valence-corrected chi connectivity index (χ3v) is 4.47. The number of hydrogen-bond acceptors (Lipinski definition) is 4. The first-order valence-electron chi connectivity index (χ1n) is 8.26. The number of hydrogen-bond donors (Lipinski definition) is 2. The zero-order valence-corrected chi connectivity index (χ0v) is 13.6. The third-order valence-electron chi connectivity index (χ3n) is 4.47. The van der Waals surface area contributed by atoms with E-state index in [2.05, 4.69) is 9.80 Å². The Morgan fingerprint density at radius 2 is 1.62 bits per heavy atom. The predicted octanol–water partition coefficient (Wildman–Crippen LogP) is 2.38. The van der Waals surface area contributed by atoms with E-state index in [4.69, 9.17) is 0 Å². The average molecular weight is 330 g/mol. The number of aromatic hydroxyl groups is 1. The Hall–Kier alpha value is -1.95. The molecule has 1 aliphatic heterocycles. The van der Waals surface area contributed by atoms with Gasteiger partial charge in [0.05, 0.1) is 6.10 Å². The molecule has 0 radical (unpaired) electrons. The molecule has 1 aliphatic rings. The van der Waals surface area contributed by atoms with Crippen LogP contribution in [0.1, 0.15) is 17.2 Å². The lowest BCUT2D eigenvalue weighted by Crippen LogP contribution is -2.47. The summed E-state index contributed by atoms with van der Waals surface area (Å²) in [5.41, 5.74) is 1.85. The summed E-state index contributed by atoms with van der Waals surface area (Å²) in [5.74, 6) is 0.0140. The summed E-state index contributed by atoms with van der Waals surface area (Å²) in [5, 5.41) is 19.8. The first kappa shape index (κ1) is 16.9. The molecule has 2 N–H and O–H groups in total. The quantitative estimate of drug-likeness (QED) is 0.884. The Kier molecular flexibility index (Phi) is 5.45. The zero-order chi connectivity index (χ0) is 16.9. The van der Waals surface area contributed by atoms with Crippen LogP contribution in [-0.2, 0) is 6.54 Å². The molecular formula is C19H23FN2O2. The number of halogens is 1. The minimum Gasteiger partial charge on any atom is -0.508 e. The molecule has 3 rings (SSSR count). The molecule has 2 aromatic carbocycles. The van der Waals surface area contributed by atoms with Gasteiger partial charge in [-0.1, -0.05) is 24.3 Å². The van der Waals surface area contributed by atoms with Gasteiger partial charge in [-0.15, -0.1) is 0 Å². The van der Waals surface area contributed by atoms with Crippen LogP contribution in [0.3, 0.4) is 0 Å². The Labute approximate surface area is 141 Å². The van der Waals surface area contributed by atoms with Crippen LogP contribution in [-0.4, -0.2) is 52.7 Å². The maximum atomic E-state index is 12.9. The highest BCUT2D eigenvalue weighted by atomic mass is 19.1. The van der Waals surface area contributed by atoms with Crippen molar-refractivity contribution in [1.29, 1.82) is 0 Å². The monoisotopic (exact) mass is 330 g/mol. The zero-order valence-electron chi connectivity index (χ0n) is 13.6. The number of piperazine rings is 1. The molecule has 5 heteroatoms. The van der Waals surface area contributed by atoms with E-state index >= 15 is 0 Å². The van der Waals surface area contributed by atoms with Crippen LogP contribution in [0, 0.1) is 5.82 Å². The lowest BCUT2D eigenvalue weighted by atomic mass is 10.1. The topological polar surface area (TPSA) is 46.9 Å². The second kappa shape index (κ2) is 7.75. The first-order valence-corrected chi connectivity index (χ1v) is 8.26. The Balaban J connectivity index is 1.47. The molecule has 1 heterocycles. The second-order valence-electron chi connectivity index (χ2n) is 6.31. The van der Waals surface area contributed by atoms with Gasteiger partial charge in [0.25, 0.3) is 0 Å². The molecule has 0 amide bonds. The van der Waals surface area contributed by atoms with Crippen molar-refractivity contribution in [3.05, 3.63) is 65.5 Å². The number of benzene rings is 2. The summed E-state index contributed by atoms with van der Waals surface area (Å²) < 4.78 is 12.9. The molecule has 2 aromatic rings. The van der Waals surface area contributed by atoms with Crippen LogP contribution in [0.15, 0.2) is 48.5 Å². The highest BCUT2D eigenvalue weighted by Crippen LogP contribution is 2.17. The minimum absolute atomic E-state index is 0.286. The van der Waals surface area contributed by atoms with Gasteiger partial charge in [-0.3, -0.25) is 9.80 Å². The molecule has 0 bridgehead atoms. The minimum atomic E-state index is -0.594. The predicted molar refractivity (Wildman–Crippen MR) is 91.2 cm³/mol. The fourth-order valence-corrected chi connectivity index (χ4v) is 3.08. The number of aliphatic hydroxyl groups is 1. The van der Waals surface area contributed by atoms with Crippen molar-refractivity contribution in [2.45, 2.75) is 12.6 Å². The van der Waals surface area contributed by atoms with E-state index in [0.717, 1.165) is 43.9 Å². The SMILES string of the molecule is Oc1cccc(CN2CCN(CC(O)c3ccc(F)cc3)CC2)c1. The van der Waals surface area contributed by atoms with Crippen molar-refractivity contribution in [2.75, 3.05) is 32.7 Å². The summed E-state index contributed by atoms with van der Waals surface area (Å²) in [6, 6.07) is 13.4. The number of β-amino-alcohol motifs (C(OH)–C–C–N with tert-alkyl or cyclic N) is 1. The van der Waals surface area contributed by atoms with E-state index < -0.39 is 6.10 Å². The lowest BCUT2D eigenvalue weighted by molar-refractivity contribution is 0.0700. The smallest absolute Gasteiger partial charge is 0.123 e. The van der Waals surface area contributed by atoms with E-state index in [9.17, 15) is 14.6 Å². The summed E-state index contributed by atoms with van der Waals surface area (Å²) in [7, 11) is 0. The van der Waals surface area contributed by atoms with Gasteiger partial charge in [0.1, 0.15) is 11.6 Å². The molecule has 1 saturated heterocycles. The molecule has 1 atom stereocenters. The van der Waals surface area contributed by atoms with Crippen molar-refractivity contribution in [3.8, 4) is 5.75 Å². The van der Waals surface area contributed by atoms with Gasteiger partial charge in [0.15, 0.2) is 0 Å². The van der Waals surface area contributed by atoms with Crippen LogP contribution in [0.2, 0.25) is 0 Å². The average Bonchev–Trinajstić information content (AvgIpc) is 2.57. The summed E-state index contributed by atoms with van der Waals surface area (Å²) in [6.07, 6.45) is -0.594. The largest absolute Gasteiger partial charge is 0.508 e. The molecule has 0 spiro atoms. The number of nitrogens with zero attached hydrogens (tertiary/aromatic N) is 2. The van der Waals surface area contributed by atoms with Crippen molar-refractivity contribution >= 4 is 0 Å². The van der Waals surface area contributed by atoms with Crippen LogP contribution in [0.25, 0.3) is 0 Å². The molecule has 0 aliphatic carbocycles. The fraction of sp³-hybridized carbons (Fsp3) is 0.368. The first-order chi connectivity index (χ1) is 11.6. The summed E-state index contributed by atoms with van der Waals surface area (Å²) in [4.78, 5) is 4.57. The van der Waals surface area contributed by atoms with Gasteiger partial charge in [-0.2, -0.15) is 0 Å². The van der Waals surface area contributed by atoms with E-state index in [-0.39, 0.29) is 5.82 Å². The molecule has 128 valence electrons. The molecule has 1 fully saturated rings. The molecule has 4 nitrogen and oxygen atoms in total. The highest BCUT2D eigenvalue weighted by molar-refractivity contribution is 5.27. The Morgan fingerprint density at radius 1 is 0.958 bits per heavy atom. The molecule has 1 unspecified atom stereocenters. The van der Waals surface area contributed by atoms with E-state index in [1.165, 1.54) is 12.1 Å². The van der Waals surface area contributed by atoms with Crippen LogP contribution in [0.5, 0.6) is 5.75 Å². The Bertz CT molecular complexity index is 655. The van der Waals surface area contributed by atoms with E-state index in [1.807, 2.05) is 12.1 Å². The standard InChI is InChI=1S/C19H23FN2O2/c20-17-6-4-16(5-7-17)19(24)14-22-10-8-21(9-11-22)13-15-2-1-3-18(23)12-15/h1-7,12,19,23-24H,8-11,13-14H2. The fourth-order valence-electron chi connectivity index (χ4n) is 3.08. The van der Waals surface area contributed by atoms with Crippen LogP contribution < -0.4 is 0 Å². The van der Waals surface area contributed by atoms with Gasteiger partial charge in [-0.05, 0) is 35.4 Å². The van der Waals surface area contributed by atoms with Crippen molar-refractivity contribution in [1.82, 2.24) is 9.80 Å². The van der Waals surface area contributed by atoms with Gasteiger partial charge in [0, 0.05) is 39.3 Å². The summed E-state index contributed by atoms with van der Waals surface area (Å²) in [6.45, 7) is 5.00. The van der Waals surface area contributed by atoms with E-state index in [1.54, 1.807) is 24.3 Å². The number of rotatable bonds is 5. The van der Waals surface area contributed by atoms with Crippen molar-refractivity contribution in [3.63, 3.8) is 0 Å². The molecule has 24 heavy (non-hydrogen) atoms. The van der Waals surface area contributed by atoms with Crippen molar-refractivity contribution < 1.29 is 14.6 Å².